The summed E-state index contributed by atoms with van der Waals surface area (Å²) in [4.78, 5) is 27.9. The summed E-state index contributed by atoms with van der Waals surface area (Å²) in [5, 5.41) is 3.09. The van der Waals surface area contributed by atoms with E-state index in [2.05, 4.69) is 5.32 Å². The van der Waals surface area contributed by atoms with Gasteiger partial charge in [0.2, 0.25) is 0 Å². The van der Waals surface area contributed by atoms with Crippen LogP contribution in [-0.2, 0) is 16.1 Å². The molecule has 0 saturated carbocycles. The van der Waals surface area contributed by atoms with Gasteiger partial charge in [-0.2, -0.15) is 0 Å². The van der Waals surface area contributed by atoms with Gasteiger partial charge in [-0.3, -0.25) is 14.5 Å². The highest BCUT2D eigenvalue weighted by atomic mass is 19.1. The van der Waals surface area contributed by atoms with Gasteiger partial charge in [-0.25, -0.2) is 4.39 Å². The van der Waals surface area contributed by atoms with Crippen LogP contribution < -0.4 is 14.8 Å². The summed E-state index contributed by atoms with van der Waals surface area (Å²) in [5.74, 6) is -0.0224. The fraction of sp³-hybridized carbons (Fsp3) is 0.154. The van der Waals surface area contributed by atoms with Crippen molar-refractivity contribution in [1.29, 1.82) is 0 Å². The predicted octanol–water partition coefficient (Wildman–Crippen LogP) is 4.63. The number of hydrogen-bond donors (Lipinski definition) is 1. The molecule has 0 aliphatic carbocycles. The summed E-state index contributed by atoms with van der Waals surface area (Å²) in [6.45, 7) is 2.47. The van der Waals surface area contributed by atoms with E-state index < -0.39 is 17.6 Å². The van der Waals surface area contributed by atoms with Crippen LogP contribution in [-0.4, -0.2) is 30.4 Å². The van der Waals surface area contributed by atoms with Crippen LogP contribution in [0, 0.1) is 5.82 Å². The van der Waals surface area contributed by atoms with E-state index in [0.717, 1.165) is 5.56 Å². The molecule has 1 N–H and O–H groups in total. The molecule has 6 nitrogen and oxygen atoms in total. The summed E-state index contributed by atoms with van der Waals surface area (Å²) in [7, 11) is 1.57. The molecule has 33 heavy (non-hydrogen) atoms. The van der Waals surface area contributed by atoms with E-state index in [4.69, 9.17) is 9.47 Å². The third-order valence-electron chi connectivity index (χ3n) is 5.22. The summed E-state index contributed by atoms with van der Waals surface area (Å²) >= 11 is 0. The first-order chi connectivity index (χ1) is 16.0. The van der Waals surface area contributed by atoms with Crippen LogP contribution in [0.25, 0.3) is 5.57 Å². The molecule has 1 aliphatic rings. The van der Waals surface area contributed by atoms with Gasteiger partial charge in [-0.15, -0.1) is 0 Å². The van der Waals surface area contributed by atoms with Crippen molar-refractivity contribution in [2.24, 2.45) is 0 Å². The average molecular weight is 446 g/mol. The summed E-state index contributed by atoms with van der Waals surface area (Å²) in [6, 6.07) is 19.8. The Morgan fingerprint density at radius 3 is 2.30 bits per heavy atom. The molecule has 1 aliphatic heterocycles. The lowest BCUT2D eigenvalue weighted by Crippen LogP contribution is -2.32. The molecule has 3 aromatic rings. The molecule has 2 amide bonds. The molecule has 0 bridgehead atoms. The van der Waals surface area contributed by atoms with E-state index in [-0.39, 0.29) is 17.8 Å². The van der Waals surface area contributed by atoms with Crippen molar-refractivity contribution in [1.82, 2.24) is 4.90 Å². The minimum atomic E-state index is -0.461. The van der Waals surface area contributed by atoms with E-state index in [0.29, 0.717) is 29.4 Å². The Morgan fingerprint density at radius 1 is 0.909 bits per heavy atom. The Labute approximate surface area is 191 Å². The number of anilines is 1. The van der Waals surface area contributed by atoms with E-state index in [1.165, 1.54) is 29.2 Å². The maximum atomic E-state index is 13.5. The number of nitrogens with one attached hydrogen (secondary N) is 1. The second-order valence-corrected chi connectivity index (χ2v) is 7.39. The Morgan fingerprint density at radius 2 is 1.64 bits per heavy atom. The number of carbonyl (C=O) groups is 2. The third kappa shape index (κ3) is 4.72. The van der Waals surface area contributed by atoms with Crippen LogP contribution in [0.15, 0.2) is 78.5 Å². The monoisotopic (exact) mass is 446 g/mol. The van der Waals surface area contributed by atoms with E-state index >= 15 is 0 Å². The van der Waals surface area contributed by atoms with Crippen LogP contribution in [0.1, 0.15) is 18.1 Å². The molecule has 0 unspecified atom stereocenters. The van der Waals surface area contributed by atoms with Crippen LogP contribution in [0.3, 0.4) is 0 Å². The van der Waals surface area contributed by atoms with Gasteiger partial charge in [-0.05, 0) is 54.4 Å². The number of amides is 2. The Bertz CT molecular complexity index is 1200. The van der Waals surface area contributed by atoms with Gasteiger partial charge in [0.15, 0.2) is 0 Å². The van der Waals surface area contributed by atoms with Crippen LogP contribution >= 0.6 is 0 Å². The number of carbonyl (C=O) groups excluding carboxylic acids is 2. The Kier molecular flexibility index (Phi) is 6.40. The molecular formula is C26H23FN2O4. The lowest BCUT2D eigenvalue weighted by Gasteiger charge is -2.16. The molecule has 0 saturated heterocycles. The summed E-state index contributed by atoms with van der Waals surface area (Å²) in [6.07, 6.45) is 0. The van der Waals surface area contributed by atoms with Gasteiger partial charge >= 0.3 is 0 Å². The lowest BCUT2D eigenvalue weighted by atomic mass is 10.0. The highest BCUT2D eigenvalue weighted by molar-refractivity contribution is 6.36. The molecule has 4 rings (SSSR count). The number of hydrogen-bond acceptors (Lipinski definition) is 5. The molecule has 1 heterocycles. The highest BCUT2D eigenvalue weighted by Gasteiger charge is 2.39. The Balaban J connectivity index is 1.69. The first kappa shape index (κ1) is 22.1. The van der Waals surface area contributed by atoms with Crippen LogP contribution in [0.2, 0.25) is 0 Å². The molecule has 0 aromatic heterocycles. The molecule has 168 valence electrons. The molecule has 0 spiro atoms. The number of ether oxygens (including phenoxy) is 2. The third-order valence-corrected chi connectivity index (χ3v) is 5.22. The largest absolute Gasteiger partial charge is 0.497 e. The maximum Gasteiger partial charge on any atom is 0.278 e. The van der Waals surface area contributed by atoms with Crippen molar-refractivity contribution in [3.63, 3.8) is 0 Å². The fourth-order valence-corrected chi connectivity index (χ4v) is 3.61. The average Bonchev–Trinajstić information content (AvgIpc) is 3.05. The smallest absolute Gasteiger partial charge is 0.278 e. The second kappa shape index (κ2) is 9.56. The topological polar surface area (TPSA) is 67.9 Å². The molecule has 7 heteroatoms. The maximum absolute atomic E-state index is 13.5. The first-order valence-corrected chi connectivity index (χ1v) is 10.5. The summed E-state index contributed by atoms with van der Waals surface area (Å²) < 4.78 is 24.2. The number of halogens is 1. The van der Waals surface area contributed by atoms with Crippen molar-refractivity contribution in [3.8, 4) is 11.5 Å². The zero-order chi connectivity index (χ0) is 23.4. The van der Waals surface area contributed by atoms with Crippen LogP contribution in [0.4, 0.5) is 10.1 Å². The van der Waals surface area contributed by atoms with Gasteiger partial charge < -0.3 is 14.8 Å². The van der Waals surface area contributed by atoms with Crippen molar-refractivity contribution in [2.75, 3.05) is 19.0 Å². The normalized spacial score (nSPS) is 13.5. The van der Waals surface area contributed by atoms with Gasteiger partial charge in [-0.1, -0.05) is 30.3 Å². The SMILES string of the molecule is CCOc1cccc(NC2=C(c3ccc(F)cc3)C(=O)N(Cc3ccc(OC)cc3)C2=O)c1. The minimum Gasteiger partial charge on any atom is -0.497 e. The zero-order valence-electron chi connectivity index (χ0n) is 18.3. The fourth-order valence-electron chi connectivity index (χ4n) is 3.61. The number of methoxy groups -OCH3 is 1. The van der Waals surface area contributed by atoms with Crippen molar-refractivity contribution < 1.29 is 23.5 Å². The number of benzene rings is 3. The predicted molar refractivity (Wildman–Crippen MR) is 123 cm³/mol. The molecule has 0 fully saturated rings. The molecule has 0 atom stereocenters. The number of imide groups is 1. The first-order valence-electron chi connectivity index (χ1n) is 10.5. The minimum absolute atomic E-state index is 0.0938. The zero-order valence-corrected chi connectivity index (χ0v) is 18.3. The Hall–Kier alpha value is -4.13. The van der Waals surface area contributed by atoms with Crippen molar-refractivity contribution in [3.05, 3.63) is 95.4 Å². The van der Waals surface area contributed by atoms with Gasteiger partial charge in [0.05, 0.1) is 25.8 Å². The lowest BCUT2D eigenvalue weighted by molar-refractivity contribution is -0.137. The standard InChI is InChI=1S/C26H23FN2O4/c1-3-33-22-6-4-5-20(15-22)28-24-23(18-9-11-19(27)12-10-18)25(30)29(26(24)31)16-17-7-13-21(32-2)14-8-17/h4-15,28H,3,16H2,1-2H3. The van der Waals surface area contributed by atoms with Crippen molar-refractivity contribution in [2.45, 2.75) is 13.5 Å². The highest BCUT2D eigenvalue weighted by Crippen LogP contribution is 2.32. The molecular weight excluding hydrogens is 423 g/mol. The van der Waals surface area contributed by atoms with Crippen LogP contribution in [0.5, 0.6) is 11.5 Å². The van der Waals surface area contributed by atoms with E-state index in [9.17, 15) is 14.0 Å². The van der Waals surface area contributed by atoms with Gasteiger partial charge in [0.1, 0.15) is 23.0 Å². The van der Waals surface area contributed by atoms with Crippen molar-refractivity contribution >= 4 is 23.1 Å². The van der Waals surface area contributed by atoms with Gasteiger partial charge in [0, 0.05) is 11.8 Å². The number of nitrogens with zero attached hydrogens (tertiary/aromatic N) is 1. The molecule has 3 aromatic carbocycles. The van der Waals surface area contributed by atoms with E-state index in [1.54, 1.807) is 49.6 Å². The van der Waals surface area contributed by atoms with Gasteiger partial charge in [0.25, 0.3) is 11.8 Å². The quantitative estimate of drug-likeness (QED) is 0.511. The van der Waals surface area contributed by atoms with E-state index in [1.807, 2.05) is 13.0 Å². The summed E-state index contributed by atoms with van der Waals surface area (Å²) in [5.41, 5.74) is 2.15. The molecule has 0 radical (unpaired) electrons. The second-order valence-electron chi connectivity index (χ2n) is 7.39. The number of rotatable bonds is 8.